The van der Waals surface area contributed by atoms with Gasteiger partial charge in [0.05, 0.1) is 0 Å². The van der Waals surface area contributed by atoms with Gasteiger partial charge in [-0.3, -0.25) is 14.4 Å². The van der Waals surface area contributed by atoms with Crippen LogP contribution in [0.4, 0.5) is 0 Å². The SMILES string of the molecule is CCCCCCCCCCCCCCCCCC(=O)O[C@H](COC(=O)CCCCCCCCCCCCCCCC)COC(=O)CCCCCCCCCCCCCCCC(C)C. The molecule has 0 aromatic carbocycles. The first-order chi connectivity index (χ1) is 30.9. The first-order valence-electron chi connectivity index (χ1n) is 28.4. The van der Waals surface area contributed by atoms with Crippen LogP contribution in [0.15, 0.2) is 0 Å². The summed E-state index contributed by atoms with van der Waals surface area (Å²) in [7, 11) is 0. The van der Waals surface area contributed by atoms with Gasteiger partial charge in [0.1, 0.15) is 13.2 Å². The van der Waals surface area contributed by atoms with Gasteiger partial charge in [-0.2, -0.15) is 0 Å². The topological polar surface area (TPSA) is 78.9 Å². The van der Waals surface area contributed by atoms with Crippen LogP contribution in [0.1, 0.15) is 323 Å². The van der Waals surface area contributed by atoms with Crippen LogP contribution >= 0.6 is 0 Å². The van der Waals surface area contributed by atoms with E-state index < -0.39 is 6.10 Å². The van der Waals surface area contributed by atoms with E-state index in [1.165, 1.54) is 218 Å². The summed E-state index contributed by atoms with van der Waals surface area (Å²) in [5, 5.41) is 0. The molecule has 0 aliphatic carbocycles. The van der Waals surface area contributed by atoms with E-state index in [0.717, 1.165) is 63.7 Å². The predicted octanol–water partition coefficient (Wildman–Crippen LogP) is 18.6. The Hall–Kier alpha value is -1.59. The van der Waals surface area contributed by atoms with Crippen LogP contribution in [-0.2, 0) is 28.6 Å². The highest BCUT2D eigenvalue weighted by molar-refractivity contribution is 5.71. The summed E-state index contributed by atoms with van der Waals surface area (Å²) in [6.45, 7) is 9.06. The van der Waals surface area contributed by atoms with Gasteiger partial charge in [-0.05, 0) is 25.2 Å². The number of carbonyl (C=O) groups is 3. The zero-order valence-corrected chi connectivity index (χ0v) is 43.0. The zero-order valence-electron chi connectivity index (χ0n) is 43.0. The van der Waals surface area contributed by atoms with E-state index in [4.69, 9.17) is 14.2 Å². The van der Waals surface area contributed by atoms with Crippen LogP contribution in [0.3, 0.4) is 0 Å². The summed E-state index contributed by atoms with van der Waals surface area (Å²) in [6, 6.07) is 0. The highest BCUT2D eigenvalue weighted by Gasteiger charge is 2.19. The van der Waals surface area contributed by atoms with E-state index >= 15 is 0 Å². The van der Waals surface area contributed by atoms with Crippen LogP contribution in [-0.4, -0.2) is 37.2 Å². The third-order valence-corrected chi connectivity index (χ3v) is 13.0. The summed E-state index contributed by atoms with van der Waals surface area (Å²) in [6.07, 6.45) is 55.1. The first-order valence-corrected chi connectivity index (χ1v) is 28.4. The molecular formula is C57H110O6. The van der Waals surface area contributed by atoms with Gasteiger partial charge in [0.2, 0.25) is 0 Å². The summed E-state index contributed by atoms with van der Waals surface area (Å²) in [4.78, 5) is 38.1. The van der Waals surface area contributed by atoms with Gasteiger partial charge < -0.3 is 14.2 Å². The Balaban J connectivity index is 4.30. The lowest BCUT2D eigenvalue weighted by molar-refractivity contribution is -0.167. The first kappa shape index (κ1) is 61.4. The van der Waals surface area contributed by atoms with Gasteiger partial charge >= 0.3 is 17.9 Å². The average molecular weight is 892 g/mol. The molecule has 0 bridgehead atoms. The number of rotatable bonds is 52. The maximum atomic E-state index is 12.8. The maximum absolute atomic E-state index is 12.8. The quantitative estimate of drug-likeness (QED) is 0.0344. The van der Waals surface area contributed by atoms with Crippen molar-refractivity contribution in [1.29, 1.82) is 0 Å². The predicted molar refractivity (Wildman–Crippen MR) is 270 cm³/mol. The van der Waals surface area contributed by atoms with E-state index in [9.17, 15) is 14.4 Å². The van der Waals surface area contributed by atoms with Gasteiger partial charge in [-0.1, -0.05) is 285 Å². The van der Waals surface area contributed by atoms with Gasteiger partial charge in [-0.25, -0.2) is 0 Å². The van der Waals surface area contributed by atoms with Crippen molar-refractivity contribution in [2.45, 2.75) is 329 Å². The Bertz CT molecular complexity index is 949. The Morgan fingerprint density at radius 1 is 0.302 bits per heavy atom. The molecule has 0 aromatic heterocycles. The monoisotopic (exact) mass is 891 g/mol. The maximum Gasteiger partial charge on any atom is 0.306 e. The van der Waals surface area contributed by atoms with Gasteiger partial charge in [0.15, 0.2) is 6.10 Å². The molecular weight excluding hydrogens is 781 g/mol. The van der Waals surface area contributed by atoms with Crippen molar-refractivity contribution in [3.63, 3.8) is 0 Å². The molecule has 6 heteroatoms. The van der Waals surface area contributed by atoms with E-state index in [1.807, 2.05) is 0 Å². The fourth-order valence-corrected chi connectivity index (χ4v) is 8.75. The van der Waals surface area contributed by atoms with Crippen molar-refractivity contribution in [2.24, 2.45) is 5.92 Å². The Morgan fingerprint density at radius 3 is 0.778 bits per heavy atom. The molecule has 6 nitrogen and oxygen atoms in total. The molecule has 0 amide bonds. The molecule has 0 radical (unpaired) electrons. The summed E-state index contributed by atoms with van der Waals surface area (Å²) >= 11 is 0. The second kappa shape index (κ2) is 51.4. The average Bonchev–Trinajstić information content (AvgIpc) is 3.27. The molecule has 0 aromatic rings. The van der Waals surface area contributed by atoms with Crippen LogP contribution < -0.4 is 0 Å². The lowest BCUT2D eigenvalue weighted by Crippen LogP contribution is -2.30. The van der Waals surface area contributed by atoms with E-state index in [-0.39, 0.29) is 31.1 Å². The van der Waals surface area contributed by atoms with E-state index in [2.05, 4.69) is 27.7 Å². The molecule has 0 N–H and O–H groups in total. The minimum atomic E-state index is -0.761. The number of carbonyl (C=O) groups excluding carboxylic acids is 3. The second-order valence-electron chi connectivity index (χ2n) is 20.1. The fraction of sp³-hybridized carbons (Fsp3) is 0.947. The summed E-state index contributed by atoms with van der Waals surface area (Å²) < 4.78 is 16.9. The molecule has 0 rings (SSSR count). The minimum absolute atomic E-state index is 0.0619. The molecule has 0 saturated carbocycles. The molecule has 0 saturated heterocycles. The van der Waals surface area contributed by atoms with Crippen molar-refractivity contribution in [1.82, 2.24) is 0 Å². The molecule has 374 valence electrons. The molecule has 0 spiro atoms. The molecule has 0 aliphatic rings. The lowest BCUT2D eigenvalue weighted by atomic mass is 10.0. The van der Waals surface area contributed by atoms with Crippen molar-refractivity contribution in [3.8, 4) is 0 Å². The second-order valence-corrected chi connectivity index (χ2v) is 20.1. The Kier molecular flexibility index (Phi) is 50.1. The number of hydrogen-bond acceptors (Lipinski definition) is 6. The zero-order chi connectivity index (χ0) is 45.9. The van der Waals surface area contributed by atoms with Gasteiger partial charge in [0.25, 0.3) is 0 Å². The van der Waals surface area contributed by atoms with Crippen LogP contribution in [0.2, 0.25) is 0 Å². The Morgan fingerprint density at radius 2 is 0.524 bits per heavy atom. The van der Waals surface area contributed by atoms with Crippen molar-refractivity contribution < 1.29 is 28.6 Å². The third kappa shape index (κ3) is 51.3. The van der Waals surface area contributed by atoms with E-state index in [0.29, 0.717) is 19.3 Å². The molecule has 63 heavy (non-hydrogen) atoms. The Labute approximate surface area is 393 Å². The van der Waals surface area contributed by atoms with Crippen molar-refractivity contribution >= 4 is 17.9 Å². The smallest absolute Gasteiger partial charge is 0.306 e. The van der Waals surface area contributed by atoms with Crippen LogP contribution in [0.5, 0.6) is 0 Å². The normalized spacial score (nSPS) is 12.0. The highest BCUT2D eigenvalue weighted by Crippen LogP contribution is 2.18. The van der Waals surface area contributed by atoms with Crippen molar-refractivity contribution in [2.75, 3.05) is 13.2 Å². The standard InChI is InChI=1S/C57H110O6/c1-5-7-9-11-13-15-17-19-21-25-30-34-38-42-46-50-57(60)63-54(51-61-55(58)48-44-40-36-32-28-24-20-18-16-14-12-10-8-6-2)52-62-56(59)49-45-41-37-33-29-26-22-23-27-31-35-39-43-47-53(3)4/h53-54H,5-52H2,1-4H3/t54-/m1/s1. The highest BCUT2D eigenvalue weighted by atomic mass is 16.6. The number of hydrogen-bond donors (Lipinski definition) is 0. The van der Waals surface area contributed by atoms with Crippen LogP contribution in [0, 0.1) is 5.92 Å². The van der Waals surface area contributed by atoms with E-state index in [1.54, 1.807) is 0 Å². The van der Waals surface area contributed by atoms with Gasteiger partial charge in [-0.15, -0.1) is 0 Å². The lowest BCUT2D eigenvalue weighted by Gasteiger charge is -2.18. The molecule has 0 fully saturated rings. The number of esters is 3. The molecule has 0 heterocycles. The number of unbranched alkanes of at least 4 members (excludes halogenated alkanes) is 39. The fourth-order valence-electron chi connectivity index (χ4n) is 8.75. The third-order valence-electron chi connectivity index (χ3n) is 13.0. The van der Waals surface area contributed by atoms with Crippen molar-refractivity contribution in [3.05, 3.63) is 0 Å². The largest absolute Gasteiger partial charge is 0.462 e. The number of ether oxygens (including phenoxy) is 3. The summed E-state index contributed by atoms with van der Waals surface area (Å²) in [5.41, 5.74) is 0. The van der Waals surface area contributed by atoms with Crippen LogP contribution in [0.25, 0.3) is 0 Å². The molecule has 0 unspecified atom stereocenters. The molecule has 1 atom stereocenters. The summed E-state index contributed by atoms with van der Waals surface area (Å²) in [5.74, 6) is 0.00375. The van der Waals surface area contributed by atoms with Gasteiger partial charge in [0, 0.05) is 19.3 Å². The minimum Gasteiger partial charge on any atom is -0.462 e. The molecule has 0 aliphatic heterocycles.